The van der Waals surface area contributed by atoms with Crippen molar-refractivity contribution in [1.82, 2.24) is 19.9 Å². The minimum Gasteiger partial charge on any atom is -0.486 e. The van der Waals surface area contributed by atoms with Gasteiger partial charge in [-0.1, -0.05) is 17.8 Å². The number of nitrogens with zero attached hydrogens (tertiary/aromatic N) is 6. The number of aliphatic hydroxyl groups is 1. The number of piperidine rings is 1. The first-order valence-electron chi connectivity index (χ1n) is 12.9. The second-order valence-corrected chi connectivity index (χ2v) is 11.5. The number of pyridine rings is 2. The van der Waals surface area contributed by atoms with Gasteiger partial charge in [-0.2, -0.15) is 0 Å². The molecule has 2 saturated heterocycles. The van der Waals surface area contributed by atoms with E-state index in [2.05, 4.69) is 25.8 Å². The molecule has 1 aliphatic carbocycles. The van der Waals surface area contributed by atoms with Crippen molar-refractivity contribution in [3.8, 4) is 5.75 Å². The van der Waals surface area contributed by atoms with Crippen LogP contribution >= 0.6 is 11.8 Å². The summed E-state index contributed by atoms with van der Waals surface area (Å²) in [6, 6.07) is 6.69. The number of ether oxygens (including phenoxy) is 1. The van der Waals surface area contributed by atoms with Crippen molar-refractivity contribution in [2.75, 3.05) is 36.0 Å². The number of hydrogen-bond acceptors (Lipinski definition) is 9. The molecule has 36 heavy (non-hydrogen) atoms. The molecule has 0 bridgehead atoms. The smallest absolute Gasteiger partial charge is 0.175 e. The summed E-state index contributed by atoms with van der Waals surface area (Å²) in [5.41, 5.74) is 3.62. The summed E-state index contributed by atoms with van der Waals surface area (Å²) in [6.07, 6.45) is 12.3. The zero-order valence-electron chi connectivity index (χ0n) is 20.3. The third-order valence-electron chi connectivity index (χ3n) is 8.30. The van der Waals surface area contributed by atoms with Gasteiger partial charge in [-0.05, 0) is 61.6 Å². The summed E-state index contributed by atoms with van der Waals surface area (Å²) in [6.45, 7) is 3.45. The quantitative estimate of drug-likeness (QED) is 0.574. The van der Waals surface area contributed by atoms with Gasteiger partial charge in [-0.25, -0.2) is 15.0 Å². The number of fused-ring (bicyclic) bond motifs is 4. The lowest BCUT2D eigenvalue weighted by Crippen LogP contribution is -2.41. The fourth-order valence-electron chi connectivity index (χ4n) is 6.40. The highest BCUT2D eigenvalue weighted by molar-refractivity contribution is 7.99. The number of aromatic nitrogens is 4. The summed E-state index contributed by atoms with van der Waals surface area (Å²) in [4.78, 5) is 24.5. The summed E-state index contributed by atoms with van der Waals surface area (Å²) in [5, 5.41) is 10.9. The highest BCUT2D eigenvalue weighted by Gasteiger charge is 2.41. The molecule has 3 aromatic heterocycles. The minimum atomic E-state index is -0.131. The molecule has 0 unspecified atom stereocenters. The van der Waals surface area contributed by atoms with E-state index in [1.165, 1.54) is 29.4 Å². The Balaban J connectivity index is 1.08. The second kappa shape index (κ2) is 8.88. The van der Waals surface area contributed by atoms with E-state index in [1.54, 1.807) is 0 Å². The number of hydrogen-bond donors (Lipinski definition) is 1. The molecule has 1 N–H and O–H groups in total. The maximum atomic E-state index is 10.2. The Labute approximate surface area is 215 Å². The Hall–Kier alpha value is -2.91. The van der Waals surface area contributed by atoms with Crippen molar-refractivity contribution in [3.05, 3.63) is 53.7 Å². The van der Waals surface area contributed by atoms with Crippen molar-refractivity contribution in [2.24, 2.45) is 5.41 Å². The molecule has 4 aliphatic rings. The number of aliphatic hydroxyl groups excluding tert-OH is 1. The van der Waals surface area contributed by atoms with Crippen molar-refractivity contribution in [3.63, 3.8) is 0 Å². The van der Waals surface area contributed by atoms with Crippen LogP contribution in [0.15, 0.2) is 46.7 Å². The lowest BCUT2D eigenvalue weighted by Gasteiger charge is -2.40. The van der Waals surface area contributed by atoms with Crippen LogP contribution in [0.25, 0.3) is 0 Å². The van der Waals surface area contributed by atoms with Crippen LogP contribution in [0, 0.1) is 5.41 Å². The fourth-order valence-corrected chi connectivity index (χ4v) is 7.26. The summed E-state index contributed by atoms with van der Waals surface area (Å²) >= 11 is 1.53. The van der Waals surface area contributed by atoms with E-state index in [9.17, 15) is 5.11 Å². The highest BCUT2D eigenvalue weighted by Crippen LogP contribution is 2.46. The molecule has 0 amide bonds. The van der Waals surface area contributed by atoms with E-state index < -0.39 is 0 Å². The SMILES string of the molecule is OCc1nc(Sc2ccnc3c2OC[C@@H]2CCCN32)cnc1N1CCC2(CC1)Cc1cccnc1C2. The molecule has 0 saturated carbocycles. The Morgan fingerprint density at radius 2 is 1.97 bits per heavy atom. The molecule has 0 radical (unpaired) electrons. The highest BCUT2D eigenvalue weighted by atomic mass is 32.2. The van der Waals surface area contributed by atoms with E-state index >= 15 is 0 Å². The molecule has 3 aliphatic heterocycles. The lowest BCUT2D eigenvalue weighted by molar-refractivity contribution is 0.229. The average Bonchev–Trinajstić information content (AvgIpc) is 3.54. The van der Waals surface area contributed by atoms with Gasteiger partial charge in [-0.3, -0.25) is 4.98 Å². The van der Waals surface area contributed by atoms with Crippen molar-refractivity contribution in [2.45, 2.75) is 61.1 Å². The van der Waals surface area contributed by atoms with Crippen molar-refractivity contribution >= 4 is 23.4 Å². The van der Waals surface area contributed by atoms with Gasteiger partial charge in [0, 0.05) is 37.7 Å². The molecule has 1 atom stereocenters. The molecule has 0 aromatic carbocycles. The summed E-state index contributed by atoms with van der Waals surface area (Å²) in [7, 11) is 0. The first-order valence-corrected chi connectivity index (χ1v) is 13.7. The Morgan fingerprint density at radius 3 is 2.83 bits per heavy atom. The van der Waals surface area contributed by atoms with Gasteiger partial charge in [0.1, 0.15) is 17.3 Å². The van der Waals surface area contributed by atoms with E-state index in [4.69, 9.17) is 14.7 Å². The first kappa shape index (κ1) is 22.3. The molecule has 8 nitrogen and oxygen atoms in total. The maximum absolute atomic E-state index is 10.2. The molecule has 6 heterocycles. The average molecular weight is 503 g/mol. The molecule has 2 fully saturated rings. The number of anilines is 2. The van der Waals surface area contributed by atoms with Gasteiger partial charge in [0.05, 0.1) is 23.7 Å². The molecule has 9 heteroatoms. The fraction of sp³-hybridized carbons (Fsp3) is 0.481. The third kappa shape index (κ3) is 3.80. The van der Waals surface area contributed by atoms with Gasteiger partial charge in [0.25, 0.3) is 0 Å². The van der Waals surface area contributed by atoms with Gasteiger partial charge >= 0.3 is 0 Å². The molecule has 1 spiro atoms. The third-order valence-corrected chi connectivity index (χ3v) is 9.25. The van der Waals surface area contributed by atoms with Crippen LogP contribution < -0.4 is 14.5 Å². The van der Waals surface area contributed by atoms with E-state index in [0.29, 0.717) is 23.8 Å². The Kier molecular flexibility index (Phi) is 5.50. The maximum Gasteiger partial charge on any atom is 0.175 e. The zero-order chi connectivity index (χ0) is 24.1. The van der Waals surface area contributed by atoms with Gasteiger partial charge in [0.2, 0.25) is 0 Å². The second-order valence-electron chi connectivity index (χ2n) is 10.5. The monoisotopic (exact) mass is 502 g/mol. The van der Waals surface area contributed by atoms with Crippen molar-refractivity contribution in [1.29, 1.82) is 0 Å². The van der Waals surface area contributed by atoms with Crippen LogP contribution in [0.5, 0.6) is 5.75 Å². The van der Waals surface area contributed by atoms with Crippen LogP contribution in [0.3, 0.4) is 0 Å². The zero-order valence-corrected chi connectivity index (χ0v) is 21.1. The minimum absolute atomic E-state index is 0.131. The van der Waals surface area contributed by atoms with Crippen LogP contribution in [0.4, 0.5) is 11.6 Å². The Bertz CT molecular complexity index is 1270. The van der Waals surface area contributed by atoms with E-state index in [1.807, 2.05) is 30.7 Å². The lowest BCUT2D eigenvalue weighted by atomic mass is 9.76. The van der Waals surface area contributed by atoms with Gasteiger partial charge in [-0.15, -0.1) is 0 Å². The normalized spacial score (nSPS) is 21.8. The van der Waals surface area contributed by atoms with Crippen LogP contribution in [-0.4, -0.2) is 57.3 Å². The van der Waals surface area contributed by atoms with E-state index in [0.717, 1.165) is 79.0 Å². The standard InChI is InChI=1S/C27H30N6O2S/c34-16-21-25(32-11-6-27(7-12-32)13-18-3-1-8-28-20(18)14-27)30-15-23(31-21)36-22-5-9-29-26-24(22)35-17-19-4-2-10-33(19)26/h1,3,5,8-9,15,19,34H,2,4,6-7,10-14,16-17H2/t19-/m0/s1. The first-order chi connectivity index (χ1) is 17.7. The molecule has 7 rings (SSSR count). The van der Waals surface area contributed by atoms with Crippen LogP contribution in [-0.2, 0) is 19.4 Å². The van der Waals surface area contributed by atoms with Gasteiger partial charge in [0.15, 0.2) is 17.4 Å². The van der Waals surface area contributed by atoms with E-state index in [-0.39, 0.29) is 6.61 Å². The molecular weight excluding hydrogens is 472 g/mol. The topological polar surface area (TPSA) is 87.5 Å². The predicted octanol–water partition coefficient (Wildman–Crippen LogP) is 3.66. The molecular formula is C27H30N6O2S. The van der Waals surface area contributed by atoms with Gasteiger partial charge < -0.3 is 19.6 Å². The largest absolute Gasteiger partial charge is 0.486 e. The van der Waals surface area contributed by atoms with Crippen molar-refractivity contribution < 1.29 is 9.84 Å². The predicted molar refractivity (Wildman–Crippen MR) is 138 cm³/mol. The molecule has 186 valence electrons. The van der Waals surface area contributed by atoms with Crippen LogP contribution in [0.1, 0.15) is 42.6 Å². The summed E-state index contributed by atoms with van der Waals surface area (Å²) in [5.74, 6) is 2.58. The summed E-state index contributed by atoms with van der Waals surface area (Å²) < 4.78 is 6.15. The van der Waals surface area contributed by atoms with Crippen LogP contribution in [0.2, 0.25) is 0 Å². The number of rotatable bonds is 4. The molecule has 3 aromatic rings. The Morgan fingerprint density at radius 1 is 1.06 bits per heavy atom.